The van der Waals surface area contributed by atoms with Crippen molar-refractivity contribution >= 4 is 5.91 Å². The maximum Gasteiger partial charge on any atom is 0.270 e. The average Bonchev–Trinajstić information content (AvgIpc) is 2.48. The zero-order chi connectivity index (χ0) is 14.5. The third-order valence-electron chi connectivity index (χ3n) is 3.19. The Morgan fingerprint density at radius 3 is 2.70 bits per heavy atom. The second-order valence-corrected chi connectivity index (χ2v) is 4.65. The van der Waals surface area contributed by atoms with Crippen molar-refractivity contribution in [1.29, 1.82) is 0 Å². The molecule has 0 fully saturated rings. The van der Waals surface area contributed by atoms with Gasteiger partial charge in [0.05, 0.1) is 7.11 Å². The lowest BCUT2D eigenvalue weighted by molar-refractivity contribution is 0.0946. The molecule has 20 heavy (non-hydrogen) atoms. The molecule has 1 aromatic heterocycles. The number of ether oxygens (including phenoxy) is 1. The van der Waals surface area contributed by atoms with Crippen LogP contribution in [0.3, 0.4) is 0 Å². The van der Waals surface area contributed by atoms with E-state index in [-0.39, 0.29) is 5.91 Å². The molecular weight excluding hydrogens is 252 g/mol. The van der Waals surface area contributed by atoms with Crippen LogP contribution < -0.4 is 10.1 Å². The number of carbonyl (C=O) groups excluding carboxylic acids is 1. The van der Waals surface area contributed by atoms with Crippen molar-refractivity contribution in [3.63, 3.8) is 0 Å². The van der Waals surface area contributed by atoms with Gasteiger partial charge in [-0.15, -0.1) is 0 Å². The molecule has 0 aliphatic carbocycles. The predicted molar refractivity (Wildman–Crippen MR) is 77.9 cm³/mol. The summed E-state index contributed by atoms with van der Waals surface area (Å²) in [5.41, 5.74) is 3.65. The van der Waals surface area contributed by atoms with Gasteiger partial charge in [-0.25, -0.2) is 0 Å². The molecule has 0 atom stereocenters. The minimum Gasteiger partial charge on any atom is -0.496 e. The first-order valence-electron chi connectivity index (χ1n) is 6.45. The lowest BCUT2D eigenvalue weighted by Gasteiger charge is -2.12. The van der Waals surface area contributed by atoms with Gasteiger partial charge in [-0.05, 0) is 48.7 Å². The number of rotatable bonds is 4. The molecule has 0 aliphatic heterocycles. The lowest BCUT2D eigenvalue weighted by Crippen LogP contribution is -2.24. The molecule has 1 amide bonds. The van der Waals surface area contributed by atoms with E-state index in [4.69, 9.17) is 4.74 Å². The summed E-state index contributed by atoms with van der Waals surface area (Å²) in [7, 11) is 1.66. The number of aryl methyl sites for hydroxylation is 2. The fourth-order valence-electron chi connectivity index (χ4n) is 2.02. The van der Waals surface area contributed by atoms with E-state index < -0.39 is 0 Å². The Labute approximate surface area is 118 Å². The van der Waals surface area contributed by atoms with Gasteiger partial charge in [0.1, 0.15) is 11.4 Å². The van der Waals surface area contributed by atoms with Gasteiger partial charge in [-0.1, -0.05) is 12.1 Å². The lowest BCUT2D eigenvalue weighted by atomic mass is 10.0. The molecule has 4 heteroatoms. The Hall–Kier alpha value is -2.36. The number of pyridine rings is 1. The molecule has 0 saturated heterocycles. The van der Waals surface area contributed by atoms with E-state index in [1.165, 1.54) is 0 Å². The van der Waals surface area contributed by atoms with E-state index in [0.717, 1.165) is 22.4 Å². The average molecular weight is 270 g/mol. The van der Waals surface area contributed by atoms with Crippen molar-refractivity contribution in [2.45, 2.75) is 20.4 Å². The van der Waals surface area contributed by atoms with Gasteiger partial charge in [0.15, 0.2) is 0 Å². The number of methoxy groups -OCH3 is 1. The normalized spacial score (nSPS) is 10.2. The molecule has 0 bridgehead atoms. The quantitative estimate of drug-likeness (QED) is 0.929. The molecule has 104 valence electrons. The summed E-state index contributed by atoms with van der Waals surface area (Å²) in [6.45, 7) is 4.47. The van der Waals surface area contributed by atoms with Crippen LogP contribution in [-0.4, -0.2) is 18.0 Å². The number of benzene rings is 1. The number of hydrogen-bond donors (Lipinski definition) is 1. The van der Waals surface area contributed by atoms with Gasteiger partial charge in [-0.3, -0.25) is 9.78 Å². The van der Waals surface area contributed by atoms with Gasteiger partial charge in [0, 0.05) is 12.7 Å². The molecule has 1 aromatic carbocycles. The first-order valence-corrected chi connectivity index (χ1v) is 6.45. The van der Waals surface area contributed by atoms with Crippen LogP contribution in [0.1, 0.15) is 27.2 Å². The smallest absolute Gasteiger partial charge is 0.270 e. The van der Waals surface area contributed by atoms with Gasteiger partial charge >= 0.3 is 0 Å². The summed E-state index contributed by atoms with van der Waals surface area (Å²) in [5, 5.41) is 2.88. The fraction of sp³-hybridized carbons (Fsp3) is 0.250. The van der Waals surface area contributed by atoms with Crippen LogP contribution in [0.2, 0.25) is 0 Å². The summed E-state index contributed by atoms with van der Waals surface area (Å²) in [6, 6.07) is 9.30. The third-order valence-corrected chi connectivity index (χ3v) is 3.19. The third kappa shape index (κ3) is 3.15. The number of amides is 1. The maximum absolute atomic E-state index is 11.9. The minimum atomic E-state index is -0.168. The second-order valence-electron chi connectivity index (χ2n) is 4.65. The van der Waals surface area contributed by atoms with Gasteiger partial charge < -0.3 is 10.1 Å². The van der Waals surface area contributed by atoms with Crippen LogP contribution in [0.25, 0.3) is 0 Å². The van der Waals surface area contributed by atoms with E-state index in [1.807, 2.05) is 26.0 Å². The highest BCUT2D eigenvalue weighted by Crippen LogP contribution is 2.22. The van der Waals surface area contributed by atoms with Crippen LogP contribution in [0, 0.1) is 13.8 Å². The zero-order valence-electron chi connectivity index (χ0n) is 11.9. The fourth-order valence-corrected chi connectivity index (χ4v) is 2.02. The molecule has 2 rings (SSSR count). The Kier molecular flexibility index (Phi) is 4.35. The van der Waals surface area contributed by atoms with Crippen LogP contribution >= 0.6 is 0 Å². The first-order chi connectivity index (χ1) is 9.61. The van der Waals surface area contributed by atoms with Gasteiger partial charge in [-0.2, -0.15) is 0 Å². The summed E-state index contributed by atoms with van der Waals surface area (Å²) in [4.78, 5) is 16.0. The van der Waals surface area contributed by atoms with Crippen LogP contribution in [-0.2, 0) is 6.54 Å². The van der Waals surface area contributed by atoms with Crippen molar-refractivity contribution in [2.75, 3.05) is 7.11 Å². The summed E-state index contributed by atoms with van der Waals surface area (Å²) >= 11 is 0. The van der Waals surface area contributed by atoms with Crippen LogP contribution in [0.4, 0.5) is 0 Å². The molecule has 1 heterocycles. The number of hydrogen-bond acceptors (Lipinski definition) is 3. The van der Waals surface area contributed by atoms with E-state index in [1.54, 1.807) is 31.5 Å². The standard InChI is InChI=1S/C16H18N2O2/c1-11-9-15(20-3)12(2)8-13(11)10-18-16(19)14-6-4-5-7-17-14/h4-9H,10H2,1-3H3,(H,18,19). The molecule has 2 aromatic rings. The number of nitrogens with one attached hydrogen (secondary N) is 1. The van der Waals surface area contributed by atoms with Crippen molar-refractivity contribution < 1.29 is 9.53 Å². The Balaban J connectivity index is 2.08. The van der Waals surface area contributed by atoms with E-state index in [2.05, 4.69) is 10.3 Å². The molecule has 0 unspecified atom stereocenters. The van der Waals surface area contributed by atoms with Crippen molar-refractivity contribution in [1.82, 2.24) is 10.3 Å². The first kappa shape index (κ1) is 14.1. The molecule has 0 spiro atoms. The molecule has 0 aliphatic rings. The molecular formula is C16H18N2O2. The monoisotopic (exact) mass is 270 g/mol. The summed E-state index contributed by atoms with van der Waals surface area (Å²) < 4.78 is 5.28. The molecule has 0 radical (unpaired) electrons. The highest BCUT2D eigenvalue weighted by molar-refractivity contribution is 5.92. The predicted octanol–water partition coefficient (Wildman–Crippen LogP) is 2.64. The number of carbonyl (C=O) groups is 1. The van der Waals surface area contributed by atoms with E-state index in [0.29, 0.717) is 12.2 Å². The molecule has 4 nitrogen and oxygen atoms in total. The molecule has 0 saturated carbocycles. The zero-order valence-corrected chi connectivity index (χ0v) is 11.9. The second kappa shape index (κ2) is 6.19. The SMILES string of the molecule is COc1cc(C)c(CNC(=O)c2ccccn2)cc1C. The Morgan fingerprint density at radius 1 is 1.25 bits per heavy atom. The van der Waals surface area contributed by atoms with Crippen LogP contribution in [0.15, 0.2) is 36.5 Å². The van der Waals surface area contributed by atoms with Crippen molar-refractivity contribution in [2.24, 2.45) is 0 Å². The maximum atomic E-state index is 11.9. The minimum absolute atomic E-state index is 0.168. The van der Waals surface area contributed by atoms with Gasteiger partial charge in [0.25, 0.3) is 5.91 Å². The van der Waals surface area contributed by atoms with E-state index in [9.17, 15) is 4.79 Å². The van der Waals surface area contributed by atoms with Gasteiger partial charge in [0.2, 0.25) is 0 Å². The summed E-state index contributed by atoms with van der Waals surface area (Å²) in [6.07, 6.45) is 1.61. The Morgan fingerprint density at radius 2 is 2.05 bits per heavy atom. The van der Waals surface area contributed by atoms with Crippen LogP contribution in [0.5, 0.6) is 5.75 Å². The Bertz CT molecular complexity index is 609. The van der Waals surface area contributed by atoms with E-state index >= 15 is 0 Å². The molecule has 1 N–H and O–H groups in total. The highest BCUT2D eigenvalue weighted by atomic mass is 16.5. The topological polar surface area (TPSA) is 51.2 Å². The van der Waals surface area contributed by atoms with Crippen molar-refractivity contribution in [3.8, 4) is 5.75 Å². The van der Waals surface area contributed by atoms with Crippen molar-refractivity contribution in [3.05, 3.63) is 58.9 Å². The number of aromatic nitrogens is 1. The number of nitrogens with zero attached hydrogens (tertiary/aromatic N) is 1. The summed E-state index contributed by atoms with van der Waals surface area (Å²) in [5.74, 6) is 0.695. The largest absolute Gasteiger partial charge is 0.496 e. The highest BCUT2D eigenvalue weighted by Gasteiger charge is 2.08.